The summed E-state index contributed by atoms with van der Waals surface area (Å²) in [4.78, 5) is 35.6. The Hall–Kier alpha value is -4.77. The van der Waals surface area contributed by atoms with Crippen molar-refractivity contribution in [1.82, 2.24) is 9.80 Å². The van der Waals surface area contributed by atoms with E-state index in [-0.39, 0.29) is 5.91 Å². The summed E-state index contributed by atoms with van der Waals surface area (Å²) in [5.74, 6) is -0.631. The highest BCUT2D eigenvalue weighted by Gasteiger charge is 2.25. The summed E-state index contributed by atoms with van der Waals surface area (Å²) < 4.78 is 22.1. The van der Waals surface area contributed by atoms with E-state index in [1.165, 1.54) is 5.56 Å². The van der Waals surface area contributed by atoms with Crippen LogP contribution in [0.5, 0.6) is 28.7 Å². The summed E-state index contributed by atoms with van der Waals surface area (Å²) in [6, 6.07) is 21.3. The molecular formula is C29H32N2O9. The maximum absolute atomic E-state index is 13.2. The zero-order valence-electron chi connectivity index (χ0n) is 22.5. The number of carbonyl (C=O) groups is 3. The topological polar surface area (TPSA) is 135 Å². The van der Waals surface area contributed by atoms with Crippen LogP contribution in [0.1, 0.15) is 15.9 Å². The molecule has 0 atom stereocenters. The van der Waals surface area contributed by atoms with E-state index in [9.17, 15) is 4.79 Å². The van der Waals surface area contributed by atoms with Crippen molar-refractivity contribution in [1.29, 1.82) is 0 Å². The van der Waals surface area contributed by atoms with E-state index in [0.29, 0.717) is 35.9 Å². The Bertz CT molecular complexity index is 1270. The number of carboxylic acid groups (broad SMARTS) is 2. The van der Waals surface area contributed by atoms with E-state index in [4.69, 9.17) is 38.7 Å². The van der Waals surface area contributed by atoms with Gasteiger partial charge in [0.25, 0.3) is 5.91 Å². The highest BCUT2D eigenvalue weighted by molar-refractivity contribution is 6.27. The lowest BCUT2D eigenvalue weighted by atomic mass is 10.1. The van der Waals surface area contributed by atoms with Gasteiger partial charge in [-0.2, -0.15) is 0 Å². The molecule has 40 heavy (non-hydrogen) atoms. The van der Waals surface area contributed by atoms with Crippen molar-refractivity contribution in [3.63, 3.8) is 0 Å². The first-order chi connectivity index (χ1) is 19.2. The molecule has 0 spiro atoms. The second-order valence-corrected chi connectivity index (χ2v) is 8.66. The minimum atomic E-state index is -1.82. The van der Waals surface area contributed by atoms with Gasteiger partial charge < -0.3 is 34.1 Å². The zero-order chi connectivity index (χ0) is 29.1. The number of hydrogen-bond donors (Lipinski definition) is 2. The molecule has 3 aromatic carbocycles. The van der Waals surface area contributed by atoms with Crippen LogP contribution >= 0.6 is 0 Å². The van der Waals surface area contributed by atoms with Crippen molar-refractivity contribution in [3.8, 4) is 28.7 Å². The van der Waals surface area contributed by atoms with Gasteiger partial charge in [-0.15, -0.1) is 0 Å². The first-order valence-corrected chi connectivity index (χ1v) is 12.4. The van der Waals surface area contributed by atoms with Crippen LogP contribution in [-0.2, 0) is 16.1 Å². The predicted octanol–water partition coefficient (Wildman–Crippen LogP) is 3.62. The predicted molar refractivity (Wildman–Crippen MR) is 146 cm³/mol. The van der Waals surface area contributed by atoms with Gasteiger partial charge >= 0.3 is 11.9 Å². The molecule has 11 heteroatoms. The van der Waals surface area contributed by atoms with Gasteiger partial charge in [0.1, 0.15) is 11.5 Å². The molecule has 1 fully saturated rings. The number of aliphatic carboxylic acids is 2. The van der Waals surface area contributed by atoms with Gasteiger partial charge in [0.2, 0.25) is 5.75 Å². The Morgan fingerprint density at radius 3 is 1.82 bits per heavy atom. The minimum absolute atomic E-state index is 0.0443. The van der Waals surface area contributed by atoms with Gasteiger partial charge in [0.15, 0.2) is 11.5 Å². The van der Waals surface area contributed by atoms with E-state index in [1.807, 2.05) is 47.4 Å². The number of benzene rings is 3. The molecule has 1 aliphatic heterocycles. The smallest absolute Gasteiger partial charge is 0.414 e. The molecule has 212 valence electrons. The van der Waals surface area contributed by atoms with E-state index in [1.54, 1.807) is 33.5 Å². The lowest BCUT2D eigenvalue weighted by Crippen LogP contribution is -2.48. The summed E-state index contributed by atoms with van der Waals surface area (Å²) in [5, 5.41) is 14.8. The SMILES string of the molecule is COc1cc(C(=O)N2CCN(Cc3cccc(Oc4ccccc4)c3)CC2)cc(OC)c1OC.O=C(O)C(=O)O. The van der Waals surface area contributed by atoms with Crippen molar-refractivity contribution in [2.45, 2.75) is 6.54 Å². The number of rotatable bonds is 8. The number of methoxy groups -OCH3 is 3. The summed E-state index contributed by atoms with van der Waals surface area (Å²) in [6.07, 6.45) is 0. The average Bonchev–Trinajstić information content (AvgIpc) is 2.97. The summed E-state index contributed by atoms with van der Waals surface area (Å²) in [7, 11) is 4.64. The van der Waals surface area contributed by atoms with E-state index in [0.717, 1.165) is 31.1 Å². The zero-order valence-corrected chi connectivity index (χ0v) is 22.5. The molecule has 0 saturated carbocycles. The van der Waals surface area contributed by atoms with Gasteiger partial charge in [-0.05, 0) is 42.0 Å². The normalized spacial score (nSPS) is 12.9. The Morgan fingerprint density at radius 2 is 1.30 bits per heavy atom. The lowest BCUT2D eigenvalue weighted by molar-refractivity contribution is -0.159. The number of nitrogens with zero attached hydrogens (tertiary/aromatic N) is 2. The van der Waals surface area contributed by atoms with Crippen LogP contribution in [0.15, 0.2) is 66.7 Å². The fourth-order valence-corrected chi connectivity index (χ4v) is 4.09. The molecule has 0 radical (unpaired) electrons. The number of para-hydroxylation sites is 1. The molecule has 2 N–H and O–H groups in total. The molecule has 0 unspecified atom stereocenters. The first kappa shape index (κ1) is 29.8. The van der Waals surface area contributed by atoms with Crippen LogP contribution in [0.2, 0.25) is 0 Å². The average molecular weight is 553 g/mol. The Kier molecular flexibility index (Phi) is 10.7. The highest BCUT2D eigenvalue weighted by Crippen LogP contribution is 2.38. The monoisotopic (exact) mass is 552 g/mol. The van der Waals surface area contributed by atoms with Crippen LogP contribution in [0.25, 0.3) is 0 Å². The Morgan fingerprint density at radius 1 is 0.725 bits per heavy atom. The lowest BCUT2D eigenvalue weighted by Gasteiger charge is -2.35. The van der Waals surface area contributed by atoms with Gasteiger partial charge in [-0.25, -0.2) is 9.59 Å². The maximum atomic E-state index is 13.2. The number of carbonyl (C=O) groups excluding carboxylic acids is 1. The molecule has 0 bridgehead atoms. The second kappa shape index (κ2) is 14.4. The number of ether oxygens (including phenoxy) is 4. The molecule has 0 aliphatic carbocycles. The molecule has 1 aliphatic rings. The standard InChI is InChI=1S/C27H30N2O5.C2H2O4/c1-31-24-17-21(18-25(32-2)26(24)33-3)27(30)29-14-12-28(13-15-29)19-20-8-7-11-23(16-20)34-22-9-5-4-6-10-22;3-1(4)2(5)6/h4-11,16-18H,12-15,19H2,1-3H3;(H,3,4)(H,5,6). The molecule has 11 nitrogen and oxygen atoms in total. The third kappa shape index (κ3) is 8.11. The Labute approximate surface area is 232 Å². The van der Waals surface area contributed by atoms with Gasteiger partial charge in [0, 0.05) is 38.3 Å². The van der Waals surface area contributed by atoms with Gasteiger partial charge in [-0.1, -0.05) is 30.3 Å². The third-order valence-corrected chi connectivity index (χ3v) is 6.04. The summed E-state index contributed by atoms with van der Waals surface area (Å²) >= 11 is 0. The van der Waals surface area contributed by atoms with E-state index < -0.39 is 11.9 Å². The van der Waals surface area contributed by atoms with E-state index >= 15 is 0 Å². The molecule has 3 aromatic rings. The largest absolute Gasteiger partial charge is 0.493 e. The number of hydrogen-bond acceptors (Lipinski definition) is 8. The number of amides is 1. The van der Waals surface area contributed by atoms with Crippen molar-refractivity contribution in [2.75, 3.05) is 47.5 Å². The van der Waals surface area contributed by atoms with Crippen LogP contribution in [0.3, 0.4) is 0 Å². The van der Waals surface area contributed by atoms with Crippen LogP contribution in [0, 0.1) is 0 Å². The molecule has 4 rings (SSSR count). The van der Waals surface area contributed by atoms with Gasteiger partial charge in [-0.3, -0.25) is 9.69 Å². The highest BCUT2D eigenvalue weighted by atomic mass is 16.5. The quantitative estimate of drug-likeness (QED) is 0.399. The van der Waals surface area contributed by atoms with Crippen molar-refractivity contribution in [2.24, 2.45) is 0 Å². The van der Waals surface area contributed by atoms with Crippen molar-refractivity contribution >= 4 is 17.8 Å². The number of carboxylic acids is 2. The Balaban J connectivity index is 0.000000663. The summed E-state index contributed by atoms with van der Waals surface area (Å²) in [5.41, 5.74) is 1.70. The second-order valence-electron chi connectivity index (χ2n) is 8.66. The van der Waals surface area contributed by atoms with Crippen molar-refractivity contribution in [3.05, 3.63) is 77.9 Å². The number of piperazine rings is 1. The fourth-order valence-electron chi connectivity index (χ4n) is 4.09. The van der Waals surface area contributed by atoms with Crippen LogP contribution < -0.4 is 18.9 Å². The minimum Gasteiger partial charge on any atom is -0.493 e. The molecule has 1 saturated heterocycles. The molecule has 0 aromatic heterocycles. The van der Waals surface area contributed by atoms with Gasteiger partial charge in [0.05, 0.1) is 21.3 Å². The van der Waals surface area contributed by atoms with Crippen LogP contribution in [-0.4, -0.2) is 85.4 Å². The van der Waals surface area contributed by atoms with E-state index in [2.05, 4.69) is 17.0 Å². The molecular weight excluding hydrogens is 520 g/mol. The fraction of sp³-hybridized carbons (Fsp3) is 0.276. The molecule has 1 amide bonds. The molecule has 1 heterocycles. The maximum Gasteiger partial charge on any atom is 0.414 e. The van der Waals surface area contributed by atoms with Crippen LogP contribution in [0.4, 0.5) is 0 Å². The van der Waals surface area contributed by atoms with Crippen molar-refractivity contribution < 1.29 is 43.5 Å². The third-order valence-electron chi connectivity index (χ3n) is 6.04. The first-order valence-electron chi connectivity index (χ1n) is 12.4. The summed E-state index contributed by atoms with van der Waals surface area (Å²) in [6.45, 7) is 3.68.